The zero-order chi connectivity index (χ0) is 24.9. The van der Waals surface area contributed by atoms with Crippen LogP contribution in [0.2, 0.25) is 0 Å². The first-order chi connectivity index (χ1) is 16.8. The van der Waals surface area contributed by atoms with Gasteiger partial charge in [-0.05, 0) is 36.1 Å². The number of nitro groups is 1. The topological polar surface area (TPSA) is 160 Å². The number of H-pyrrole nitrogens is 2. The van der Waals surface area contributed by atoms with Crippen molar-refractivity contribution in [3.63, 3.8) is 0 Å². The van der Waals surface area contributed by atoms with Crippen LogP contribution in [0, 0.1) is 10.1 Å². The Hall–Kier alpha value is -4.54. The Morgan fingerprint density at radius 2 is 1.80 bits per heavy atom. The molecule has 2 heterocycles. The Bertz CT molecular complexity index is 1450. The molecule has 0 spiro atoms. The van der Waals surface area contributed by atoms with Crippen molar-refractivity contribution in [2.24, 2.45) is 0 Å². The van der Waals surface area contributed by atoms with Crippen molar-refractivity contribution in [3.05, 3.63) is 84.8 Å². The lowest BCUT2D eigenvalue weighted by Gasteiger charge is -2.34. The van der Waals surface area contributed by atoms with Crippen LogP contribution in [-0.4, -0.2) is 40.2 Å². The van der Waals surface area contributed by atoms with E-state index in [0.717, 1.165) is 5.56 Å². The molecule has 5 rings (SSSR count). The number of benzene rings is 2. The number of methoxy groups -OCH3 is 2. The maximum Gasteiger partial charge on any atom is 0.270 e. The molecule has 1 aromatic heterocycles. The van der Waals surface area contributed by atoms with Crippen LogP contribution in [-0.2, 0) is 4.79 Å². The van der Waals surface area contributed by atoms with Gasteiger partial charge < -0.3 is 19.9 Å². The second-order valence-corrected chi connectivity index (χ2v) is 8.46. The standard InChI is InChI=1S/C24H22N4O7/c1-34-18-6-3-11(9-19(18)35-2)12-7-15-21(17(30)8-12)20(22-23(25-15)26-27-24(22)31)14-10-13(28(32)33)4-5-16(14)29/h3-6,9-10,12,20,29H,7-8H2,1-2H3,(H3,25,26,27,31)/t12-,20+/m0/s1. The summed E-state index contributed by atoms with van der Waals surface area (Å²) in [4.78, 5) is 37.0. The molecule has 0 fully saturated rings. The van der Waals surface area contributed by atoms with Gasteiger partial charge >= 0.3 is 0 Å². The molecule has 2 aliphatic rings. The molecule has 0 bridgehead atoms. The van der Waals surface area contributed by atoms with Gasteiger partial charge in [0.2, 0.25) is 0 Å². The minimum absolute atomic E-state index is 0.123. The summed E-state index contributed by atoms with van der Waals surface area (Å²) in [6.07, 6.45) is 0.593. The van der Waals surface area contributed by atoms with Crippen molar-refractivity contribution in [2.75, 3.05) is 19.5 Å². The van der Waals surface area contributed by atoms with E-state index < -0.39 is 16.4 Å². The zero-order valence-electron chi connectivity index (χ0n) is 18.9. The quantitative estimate of drug-likeness (QED) is 0.321. The predicted octanol–water partition coefficient (Wildman–Crippen LogP) is 3.29. The Morgan fingerprint density at radius 1 is 1.03 bits per heavy atom. The first-order valence-electron chi connectivity index (χ1n) is 10.8. The van der Waals surface area contributed by atoms with Gasteiger partial charge in [0.1, 0.15) is 11.6 Å². The van der Waals surface area contributed by atoms with E-state index in [-0.39, 0.29) is 40.7 Å². The zero-order valence-corrected chi connectivity index (χ0v) is 18.9. The Balaban J connectivity index is 1.63. The van der Waals surface area contributed by atoms with E-state index in [1.165, 1.54) is 25.3 Å². The van der Waals surface area contributed by atoms with Crippen LogP contribution >= 0.6 is 0 Å². The third kappa shape index (κ3) is 3.61. The number of aromatic nitrogens is 2. The summed E-state index contributed by atoms with van der Waals surface area (Å²) in [5, 5.41) is 30.4. The van der Waals surface area contributed by atoms with E-state index in [9.17, 15) is 24.8 Å². The van der Waals surface area contributed by atoms with E-state index in [1.54, 1.807) is 13.2 Å². The van der Waals surface area contributed by atoms with Gasteiger partial charge in [-0.3, -0.25) is 29.9 Å². The second-order valence-electron chi connectivity index (χ2n) is 8.46. The Morgan fingerprint density at radius 3 is 2.51 bits per heavy atom. The fourth-order valence-corrected chi connectivity index (χ4v) is 4.96. The molecule has 2 aromatic carbocycles. The fraction of sp³-hybridized carbons (Fsp3) is 0.250. The number of hydrogen-bond donors (Lipinski definition) is 4. The highest BCUT2D eigenvalue weighted by molar-refractivity contribution is 6.01. The third-order valence-electron chi connectivity index (χ3n) is 6.59. The molecule has 4 N–H and O–H groups in total. The van der Waals surface area contributed by atoms with E-state index in [1.807, 2.05) is 12.1 Å². The number of nitrogens with one attached hydrogen (secondary N) is 3. The summed E-state index contributed by atoms with van der Waals surface area (Å²) >= 11 is 0. The van der Waals surface area contributed by atoms with Gasteiger partial charge in [0.15, 0.2) is 17.3 Å². The average Bonchev–Trinajstić information content (AvgIpc) is 3.22. The molecule has 0 saturated heterocycles. The fourth-order valence-electron chi connectivity index (χ4n) is 4.96. The minimum atomic E-state index is -0.963. The van der Waals surface area contributed by atoms with Gasteiger partial charge in [-0.2, -0.15) is 0 Å². The molecule has 1 aliphatic heterocycles. The number of phenolic OH excluding ortho intramolecular Hbond substituents is 1. The van der Waals surface area contributed by atoms with Gasteiger partial charge in [-0.15, -0.1) is 0 Å². The van der Waals surface area contributed by atoms with Gasteiger partial charge in [0.25, 0.3) is 11.2 Å². The number of non-ortho nitro benzene ring substituents is 1. The Labute approximate surface area is 198 Å². The second kappa shape index (κ2) is 8.35. The van der Waals surface area contributed by atoms with Crippen molar-refractivity contribution in [2.45, 2.75) is 24.7 Å². The molecule has 0 saturated carbocycles. The summed E-state index contributed by atoms with van der Waals surface area (Å²) in [7, 11) is 3.08. The number of carbonyl (C=O) groups excluding carboxylic acids is 1. The number of anilines is 1. The number of ketones is 1. The molecular weight excluding hydrogens is 456 g/mol. The summed E-state index contributed by atoms with van der Waals surface area (Å²) in [6, 6.07) is 9.07. The molecule has 0 radical (unpaired) electrons. The predicted molar refractivity (Wildman–Crippen MR) is 125 cm³/mol. The van der Waals surface area contributed by atoms with E-state index >= 15 is 0 Å². The monoisotopic (exact) mass is 478 g/mol. The number of aromatic hydroxyl groups is 1. The summed E-state index contributed by atoms with van der Waals surface area (Å²) in [5.41, 5.74) is 1.36. The normalized spacial score (nSPS) is 19.0. The van der Waals surface area contributed by atoms with E-state index in [0.29, 0.717) is 35.0 Å². The van der Waals surface area contributed by atoms with Gasteiger partial charge in [0, 0.05) is 35.4 Å². The van der Waals surface area contributed by atoms with Crippen molar-refractivity contribution < 1.29 is 24.3 Å². The van der Waals surface area contributed by atoms with Crippen LogP contribution in [0.15, 0.2) is 52.5 Å². The number of allylic oxidation sites excluding steroid dienone is 2. The molecule has 180 valence electrons. The summed E-state index contributed by atoms with van der Waals surface area (Å²) in [6.45, 7) is 0. The molecule has 2 atom stereocenters. The minimum Gasteiger partial charge on any atom is -0.508 e. The number of nitro benzene ring substituents is 1. The maximum absolute atomic E-state index is 13.6. The van der Waals surface area contributed by atoms with Crippen molar-refractivity contribution in [1.82, 2.24) is 10.2 Å². The molecule has 3 aromatic rings. The van der Waals surface area contributed by atoms with Crippen LogP contribution in [0.4, 0.5) is 11.5 Å². The number of rotatable bonds is 5. The molecule has 0 unspecified atom stereocenters. The van der Waals surface area contributed by atoms with Crippen LogP contribution in [0.25, 0.3) is 0 Å². The summed E-state index contributed by atoms with van der Waals surface area (Å²) in [5.74, 6) is -0.132. The molecule has 1 aliphatic carbocycles. The SMILES string of the molecule is COc1ccc([C@@H]2CC(=O)C3=C(C2)Nc2[nH][nH]c(=O)c2[C@@H]3c2cc([N+](=O)[O-])ccc2O)cc1OC. The number of fused-ring (bicyclic) bond motifs is 1. The van der Waals surface area contributed by atoms with Gasteiger partial charge in [0.05, 0.1) is 30.6 Å². The third-order valence-corrected chi connectivity index (χ3v) is 6.59. The maximum atomic E-state index is 13.6. The van der Waals surface area contributed by atoms with Crippen LogP contribution in [0.1, 0.15) is 41.4 Å². The summed E-state index contributed by atoms with van der Waals surface area (Å²) < 4.78 is 10.7. The largest absolute Gasteiger partial charge is 0.508 e. The van der Waals surface area contributed by atoms with Crippen LogP contribution < -0.4 is 20.3 Å². The van der Waals surface area contributed by atoms with Crippen LogP contribution in [0.3, 0.4) is 0 Å². The number of ether oxygens (including phenoxy) is 2. The number of nitrogens with zero attached hydrogens (tertiary/aromatic N) is 1. The van der Waals surface area contributed by atoms with Crippen LogP contribution in [0.5, 0.6) is 17.2 Å². The highest BCUT2D eigenvalue weighted by atomic mass is 16.6. The molecule has 11 nitrogen and oxygen atoms in total. The number of Topliss-reactive ketones (excluding diaryl/α,β-unsaturated/α-hetero) is 1. The lowest BCUT2D eigenvalue weighted by Crippen LogP contribution is -2.31. The number of aromatic amines is 2. The molecule has 35 heavy (non-hydrogen) atoms. The lowest BCUT2D eigenvalue weighted by atomic mass is 9.72. The van der Waals surface area contributed by atoms with E-state index in [2.05, 4.69) is 15.5 Å². The average molecular weight is 478 g/mol. The highest BCUT2D eigenvalue weighted by Gasteiger charge is 2.42. The van der Waals surface area contributed by atoms with Crippen molar-refractivity contribution in [3.8, 4) is 17.2 Å². The van der Waals surface area contributed by atoms with Gasteiger partial charge in [-0.1, -0.05) is 6.07 Å². The van der Waals surface area contributed by atoms with E-state index in [4.69, 9.17) is 9.47 Å². The Kier molecular flexibility index (Phi) is 5.31. The highest BCUT2D eigenvalue weighted by Crippen LogP contribution is 2.49. The first-order valence-corrected chi connectivity index (χ1v) is 10.8. The smallest absolute Gasteiger partial charge is 0.270 e. The number of hydrogen-bond acceptors (Lipinski definition) is 8. The molecular formula is C24H22N4O7. The number of carbonyl (C=O) groups is 1. The lowest BCUT2D eigenvalue weighted by molar-refractivity contribution is -0.384. The van der Waals surface area contributed by atoms with Crippen molar-refractivity contribution >= 4 is 17.3 Å². The first kappa shape index (κ1) is 22.3. The molecule has 11 heteroatoms. The number of phenols is 1. The van der Waals surface area contributed by atoms with Crippen molar-refractivity contribution in [1.29, 1.82) is 0 Å². The van der Waals surface area contributed by atoms with Gasteiger partial charge in [-0.25, -0.2) is 0 Å². The molecule has 0 amide bonds.